The van der Waals surface area contributed by atoms with Crippen molar-refractivity contribution in [3.8, 4) is 0 Å². The summed E-state index contributed by atoms with van der Waals surface area (Å²) in [7, 11) is 0. The number of hydrogen-bond acceptors (Lipinski definition) is 2. The lowest BCUT2D eigenvalue weighted by molar-refractivity contribution is 0.698. The second kappa shape index (κ2) is 5.13. The number of nitrogens with one attached hydrogen (secondary N) is 1. The van der Waals surface area contributed by atoms with E-state index >= 15 is 0 Å². The molecular weight excluding hydrogens is 172 g/mol. The van der Waals surface area contributed by atoms with Crippen molar-refractivity contribution >= 4 is 0 Å². The molecular formula is C12H20N2. The van der Waals surface area contributed by atoms with Gasteiger partial charge in [0, 0.05) is 13.2 Å². The van der Waals surface area contributed by atoms with Crippen molar-refractivity contribution in [3.05, 3.63) is 34.4 Å². The van der Waals surface area contributed by atoms with Crippen LogP contribution >= 0.6 is 0 Å². The number of hydrogen-bond donors (Lipinski definition) is 2. The zero-order valence-electron chi connectivity index (χ0n) is 9.35. The third-order valence-electron chi connectivity index (χ3n) is 2.54. The summed E-state index contributed by atoms with van der Waals surface area (Å²) in [6.45, 7) is 8.02. The van der Waals surface area contributed by atoms with Crippen molar-refractivity contribution < 1.29 is 0 Å². The Labute approximate surface area is 86.5 Å². The Morgan fingerprint density at radius 3 is 2.21 bits per heavy atom. The summed E-state index contributed by atoms with van der Waals surface area (Å²) in [6, 6.07) is 4.48. The quantitative estimate of drug-likeness (QED) is 0.562. The summed E-state index contributed by atoms with van der Waals surface area (Å²) >= 11 is 0. The van der Waals surface area contributed by atoms with Crippen LogP contribution < -0.4 is 11.1 Å². The molecule has 2 heteroatoms. The lowest BCUT2D eigenvalue weighted by atomic mass is 9.97. The highest BCUT2D eigenvalue weighted by Crippen LogP contribution is 2.16. The van der Waals surface area contributed by atoms with E-state index < -0.39 is 0 Å². The molecule has 0 radical (unpaired) electrons. The Hall–Kier alpha value is -0.860. The van der Waals surface area contributed by atoms with Gasteiger partial charge in [0.2, 0.25) is 0 Å². The fourth-order valence-corrected chi connectivity index (χ4v) is 1.92. The Balaban J connectivity index is 2.75. The average molecular weight is 192 g/mol. The van der Waals surface area contributed by atoms with Gasteiger partial charge in [0.15, 0.2) is 0 Å². The van der Waals surface area contributed by atoms with Crippen LogP contribution in [0, 0.1) is 20.8 Å². The van der Waals surface area contributed by atoms with Crippen LogP contribution in [0.2, 0.25) is 0 Å². The largest absolute Gasteiger partial charge is 0.318 e. The molecule has 0 aliphatic carbocycles. The molecule has 0 unspecified atom stereocenters. The summed E-state index contributed by atoms with van der Waals surface area (Å²) in [4.78, 5) is 0. The molecule has 14 heavy (non-hydrogen) atoms. The summed E-state index contributed by atoms with van der Waals surface area (Å²) < 4.78 is 0. The third kappa shape index (κ3) is 2.82. The van der Waals surface area contributed by atoms with E-state index in [9.17, 15) is 0 Å². The molecule has 1 rings (SSSR count). The molecule has 0 amide bonds. The van der Waals surface area contributed by atoms with E-state index in [1.165, 1.54) is 22.3 Å². The fourth-order valence-electron chi connectivity index (χ4n) is 1.92. The molecule has 1 aromatic rings. The van der Waals surface area contributed by atoms with Crippen molar-refractivity contribution in [2.45, 2.75) is 27.2 Å². The van der Waals surface area contributed by atoms with Gasteiger partial charge in [0.1, 0.15) is 0 Å². The van der Waals surface area contributed by atoms with Crippen LogP contribution in [0.25, 0.3) is 0 Å². The van der Waals surface area contributed by atoms with E-state index in [0.717, 1.165) is 13.0 Å². The van der Waals surface area contributed by atoms with Gasteiger partial charge in [-0.3, -0.25) is 0 Å². The van der Waals surface area contributed by atoms with Crippen LogP contribution in [0.3, 0.4) is 0 Å². The monoisotopic (exact) mass is 192 g/mol. The van der Waals surface area contributed by atoms with Gasteiger partial charge >= 0.3 is 0 Å². The molecule has 0 aliphatic heterocycles. The van der Waals surface area contributed by atoms with Crippen molar-refractivity contribution in [1.82, 2.24) is 5.32 Å². The minimum Gasteiger partial charge on any atom is -0.318 e. The number of rotatable bonds is 4. The van der Waals surface area contributed by atoms with Crippen molar-refractivity contribution in [3.63, 3.8) is 0 Å². The van der Waals surface area contributed by atoms with Gasteiger partial charge in [-0.1, -0.05) is 17.7 Å². The smallest absolute Gasteiger partial charge is 0.0428 e. The molecule has 0 bridgehead atoms. The van der Waals surface area contributed by atoms with Gasteiger partial charge < -0.3 is 11.1 Å². The first-order valence-electron chi connectivity index (χ1n) is 5.12. The minimum absolute atomic E-state index is 0.559. The van der Waals surface area contributed by atoms with Crippen LogP contribution in [-0.2, 0) is 6.42 Å². The molecule has 0 aliphatic rings. The lowest BCUT2D eigenvalue weighted by Crippen LogP contribution is -2.24. The van der Waals surface area contributed by atoms with E-state index in [0.29, 0.717) is 6.67 Å². The molecule has 0 saturated heterocycles. The Bertz CT molecular complexity index is 282. The Kier molecular flexibility index (Phi) is 4.11. The number of aryl methyl sites for hydroxylation is 3. The molecule has 0 spiro atoms. The number of benzene rings is 1. The molecule has 0 fully saturated rings. The van der Waals surface area contributed by atoms with Crippen LogP contribution in [0.5, 0.6) is 0 Å². The fraction of sp³-hybridized carbons (Fsp3) is 0.500. The second-order valence-electron chi connectivity index (χ2n) is 3.83. The van der Waals surface area contributed by atoms with Gasteiger partial charge in [-0.25, -0.2) is 0 Å². The first-order valence-corrected chi connectivity index (χ1v) is 5.12. The molecule has 3 N–H and O–H groups in total. The summed E-state index contributed by atoms with van der Waals surface area (Å²) in [5.74, 6) is 0. The molecule has 78 valence electrons. The van der Waals surface area contributed by atoms with E-state index in [2.05, 4.69) is 38.2 Å². The highest BCUT2D eigenvalue weighted by Gasteiger charge is 2.02. The van der Waals surface area contributed by atoms with Crippen molar-refractivity contribution in [1.29, 1.82) is 0 Å². The van der Waals surface area contributed by atoms with E-state index in [1.807, 2.05) is 0 Å². The van der Waals surface area contributed by atoms with Crippen LogP contribution in [0.1, 0.15) is 22.3 Å². The molecule has 1 aromatic carbocycles. The highest BCUT2D eigenvalue weighted by atomic mass is 14.9. The molecule has 0 aromatic heterocycles. The summed E-state index contributed by atoms with van der Waals surface area (Å²) in [5, 5.41) is 3.14. The molecule has 0 saturated carbocycles. The SMILES string of the molecule is Cc1cc(C)c(CCNCN)c(C)c1. The maximum atomic E-state index is 5.38. The zero-order valence-corrected chi connectivity index (χ0v) is 9.35. The van der Waals surface area contributed by atoms with Crippen molar-refractivity contribution in [2.24, 2.45) is 5.73 Å². The van der Waals surface area contributed by atoms with Crippen molar-refractivity contribution in [2.75, 3.05) is 13.2 Å². The van der Waals surface area contributed by atoms with Crippen LogP contribution in [-0.4, -0.2) is 13.2 Å². The van der Waals surface area contributed by atoms with E-state index in [4.69, 9.17) is 5.73 Å². The maximum absolute atomic E-state index is 5.38. The van der Waals surface area contributed by atoms with Crippen LogP contribution in [0.4, 0.5) is 0 Å². The van der Waals surface area contributed by atoms with E-state index in [-0.39, 0.29) is 0 Å². The van der Waals surface area contributed by atoms with Gasteiger partial charge in [-0.2, -0.15) is 0 Å². The predicted octanol–water partition coefficient (Wildman–Crippen LogP) is 1.66. The summed E-state index contributed by atoms with van der Waals surface area (Å²) in [6.07, 6.45) is 1.06. The maximum Gasteiger partial charge on any atom is 0.0428 e. The first kappa shape index (κ1) is 11.2. The predicted molar refractivity (Wildman–Crippen MR) is 61.4 cm³/mol. The lowest BCUT2D eigenvalue weighted by Gasteiger charge is -2.11. The van der Waals surface area contributed by atoms with Gasteiger partial charge in [0.25, 0.3) is 0 Å². The average Bonchev–Trinajstić information content (AvgIpc) is 2.09. The van der Waals surface area contributed by atoms with Gasteiger partial charge in [-0.15, -0.1) is 0 Å². The normalized spacial score (nSPS) is 10.6. The second-order valence-corrected chi connectivity index (χ2v) is 3.83. The minimum atomic E-state index is 0.559. The zero-order chi connectivity index (χ0) is 10.6. The Morgan fingerprint density at radius 2 is 1.71 bits per heavy atom. The number of nitrogens with two attached hydrogens (primary N) is 1. The van der Waals surface area contributed by atoms with E-state index in [1.54, 1.807) is 0 Å². The molecule has 2 nitrogen and oxygen atoms in total. The Morgan fingerprint density at radius 1 is 1.14 bits per heavy atom. The van der Waals surface area contributed by atoms with Gasteiger partial charge in [0.05, 0.1) is 0 Å². The standard InChI is InChI=1S/C12H20N2/c1-9-6-10(2)12(11(3)7-9)4-5-14-8-13/h6-7,14H,4-5,8,13H2,1-3H3. The topological polar surface area (TPSA) is 38.0 Å². The first-order chi connectivity index (χ1) is 6.65. The summed E-state index contributed by atoms with van der Waals surface area (Å²) in [5.41, 5.74) is 11.0. The third-order valence-corrected chi connectivity index (χ3v) is 2.54. The van der Waals surface area contributed by atoms with Crippen LogP contribution in [0.15, 0.2) is 12.1 Å². The molecule has 0 heterocycles. The van der Waals surface area contributed by atoms with Gasteiger partial charge in [-0.05, 0) is 43.9 Å². The molecule has 0 atom stereocenters. The highest BCUT2D eigenvalue weighted by molar-refractivity contribution is 5.37.